The number of rotatable bonds is 3. The zero-order chi connectivity index (χ0) is 13.9. The predicted molar refractivity (Wildman–Crippen MR) is 83.3 cm³/mol. The molecule has 0 N–H and O–H groups in total. The van der Waals surface area contributed by atoms with Crippen molar-refractivity contribution in [2.75, 3.05) is 7.11 Å². The molecular weight excluding hydrogens is 313 g/mol. The third-order valence-corrected chi connectivity index (χ3v) is 5.07. The molecule has 0 unspecified atom stereocenters. The topological polar surface area (TPSA) is 22.1 Å². The summed E-state index contributed by atoms with van der Waals surface area (Å²) in [6.45, 7) is 2.11. The standard InChI is InChI=1S/C17H15NOSe/c1-12-3-5-13(6-4-12)16-11-18-20-17(16)14-7-9-15(19-2)10-8-14/h3-11H,1-2H3. The average molecular weight is 328 g/mol. The third kappa shape index (κ3) is 2.55. The van der Waals surface area contributed by atoms with Gasteiger partial charge in [0.2, 0.25) is 0 Å². The maximum absolute atomic E-state index is 5.21. The normalized spacial score (nSPS) is 10.5. The van der Waals surface area contributed by atoms with Gasteiger partial charge in [0.05, 0.1) is 0 Å². The average Bonchev–Trinajstić information content (AvgIpc) is 2.97. The van der Waals surface area contributed by atoms with Crippen molar-refractivity contribution in [1.29, 1.82) is 0 Å². The van der Waals surface area contributed by atoms with E-state index in [2.05, 4.69) is 47.3 Å². The number of nitrogens with zero attached hydrogens (tertiary/aromatic N) is 1. The van der Waals surface area contributed by atoms with E-state index in [4.69, 9.17) is 4.74 Å². The van der Waals surface area contributed by atoms with Gasteiger partial charge in [-0.1, -0.05) is 0 Å². The number of methoxy groups -OCH3 is 1. The molecule has 0 radical (unpaired) electrons. The molecule has 0 bridgehead atoms. The number of hydrogen-bond acceptors (Lipinski definition) is 2. The van der Waals surface area contributed by atoms with Crippen LogP contribution in [0.3, 0.4) is 0 Å². The summed E-state index contributed by atoms with van der Waals surface area (Å²) < 4.78 is 11.0. The molecule has 0 saturated carbocycles. The van der Waals surface area contributed by atoms with E-state index in [-0.39, 0.29) is 14.7 Å². The molecule has 20 heavy (non-hydrogen) atoms. The van der Waals surface area contributed by atoms with Crippen molar-refractivity contribution >= 4 is 14.7 Å². The molecule has 0 amide bonds. The Morgan fingerprint density at radius 2 is 1.55 bits per heavy atom. The van der Waals surface area contributed by atoms with Crippen molar-refractivity contribution < 1.29 is 4.74 Å². The van der Waals surface area contributed by atoms with Crippen molar-refractivity contribution in [1.82, 2.24) is 3.98 Å². The Labute approximate surface area is 125 Å². The van der Waals surface area contributed by atoms with Gasteiger partial charge in [-0.2, -0.15) is 0 Å². The fraction of sp³-hybridized carbons (Fsp3) is 0.118. The molecule has 0 aliphatic heterocycles. The molecule has 0 fully saturated rings. The van der Waals surface area contributed by atoms with Gasteiger partial charge in [0.1, 0.15) is 0 Å². The summed E-state index contributed by atoms with van der Waals surface area (Å²) in [7, 11) is 1.69. The predicted octanol–water partition coefficient (Wildman–Crippen LogP) is 3.79. The molecule has 2 nitrogen and oxygen atoms in total. The van der Waals surface area contributed by atoms with Gasteiger partial charge < -0.3 is 0 Å². The Morgan fingerprint density at radius 3 is 2.20 bits per heavy atom. The second-order valence-corrected chi connectivity index (χ2v) is 6.35. The van der Waals surface area contributed by atoms with Crippen molar-refractivity contribution in [3.8, 4) is 26.9 Å². The first-order valence-electron chi connectivity index (χ1n) is 6.44. The Bertz CT molecular complexity index is 699. The quantitative estimate of drug-likeness (QED) is 0.683. The van der Waals surface area contributed by atoms with Crippen molar-refractivity contribution in [3.05, 3.63) is 60.3 Å². The van der Waals surface area contributed by atoms with Gasteiger partial charge in [-0.25, -0.2) is 0 Å². The summed E-state index contributed by atoms with van der Waals surface area (Å²) in [4.78, 5) is 0. The van der Waals surface area contributed by atoms with Gasteiger partial charge in [0.25, 0.3) is 0 Å². The van der Waals surface area contributed by atoms with E-state index in [0.29, 0.717) is 0 Å². The summed E-state index contributed by atoms with van der Waals surface area (Å²) in [5, 5.41) is 0. The molecule has 100 valence electrons. The van der Waals surface area contributed by atoms with Crippen LogP contribution in [0.15, 0.2) is 54.7 Å². The Balaban J connectivity index is 2.02. The minimum absolute atomic E-state index is 0.162. The molecule has 0 aliphatic rings. The number of aromatic nitrogens is 1. The van der Waals surface area contributed by atoms with Crippen LogP contribution in [0.5, 0.6) is 5.75 Å². The van der Waals surface area contributed by atoms with Crippen LogP contribution in [0, 0.1) is 6.92 Å². The van der Waals surface area contributed by atoms with Crippen molar-refractivity contribution in [2.45, 2.75) is 6.92 Å². The fourth-order valence-electron chi connectivity index (χ4n) is 2.13. The molecule has 2 aromatic carbocycles. The molecule has 0 spiro atoms. The number of aryl methyl sites for hydroxylation is 1. The molecule has 3 rings (SSSR count). The maximum atomic E-state index is 5.21. The van der Waals surface area contributed by atoms with Crippen LogP contribution in [-0.4, -0.2) is 25.8 Å². The second kappa shape index (κ2) is 5.66. The molecule has 3 aromatic rings. The second-order valence-electron chi connectivity index (χ2n) is 4.66. The molecular formula is C17H15NOSe. The van der Waals surface area contributed by atoms with E-state index < -0.39 is 0 Å². The molecule has 1 heterocycles. The minimum atomic E-state index is 0.162. The fourth-order valence-corrected chi connectivity index (χ4v) is 3.75. The van der Waals surface area contributed by atoms with Crippen LogP contribution in [0.4, 0.5) is 0 Å². The first-order chi connectivity index (χ1) is 9.78. The summed E-state index contributed by atoms with van der Waals surface area (Å²) >= 11 is 0.162. The van der Waals surface area contributed by atoms with Crippen LogP contribution in [0.2, 0.25) is 0 Å². The molecule has 0 saturated heterocycles. The van der Waals surface area contributed by atoms with Gasteiger partial charge >= 0.3 is 125 Å². The summed E-state index contributed by atoms with van der Waals surface area (Å²) in [6, 6.07) is 16.9. The van der Waals surface area contributed by atoms with E-state index in [0.717, 1.165) is 5.75 Å². The van der Waals surface area contributed by atoms with E-state index in [1.165, 1.54) is 26.7 Å². The molecule has 0 atom stereocenters. The van der Waals surface area contributed by atoms with Gasteiger partial charge in [-0.3, -0.25) is 0 Å². The van der Waals surface area contributed by atoms with Gasteiger partial charge in [0.15, 0.2) is 0 Å². The monoisotopic (exact) mass is 329 g/mol. The van der Waals surface area contributed by atoms with E-state index >= 15 is 0 Å². The third-order valence-electron chi connectivity index (χ3n) is 3.29. The van der Waals surface area contributed by atoms with Crippen molar-refractivity contribution in [2.24, 2.45) is 0 Å². The van der Waals surface area contributed by atoms with Crippen LogP contribution in [0.1, 0.15) is 5.56 Å². The van der Waals surface area contributed by atoms with Gasteiger partial charge in [0, 0.05) is 0 Å². The number of ether oxygens (including phenoxy) is 1. The molecule has 0 aliphatic carbocycles. The Kier molecular flexibility index (Phi) is 3.72. The van der Waals surface area contributed by atoms with Crippen LogP contribution < -0.4 is 4.74 Å². The zero-order valence-electron chi connectivity index (χ0n) is 11.5. The number of benzene rings is 2. The molecule has 1 aromatic heterocycles. The Morgan fingerprint density at radius 1 is 0.900 bits per heavy atom. The summed E-state index contributed by atoms with van der Waals surface area (Å²) in [6.07, 6.45) is 2.00. The van der Waals surface area contributed by atoms with E-state index in [1.807, 2.05) is 18.3 Å². The van der Waals surface area contributed by atoms with Crippen molar-refractivity contribution in [3.63, 3.8) is 0 Å². The first kappa shape index (κ1) is 13.2. The van der Waals surface area contributed by atoms with Crippen LogP contribution >= 0.6 is 0 Å². The summed E-state index contributed by atoms with van der Waals surface area (Å²) in [5.74, 6) is 0.887. The Hall–Kier alpha value is -1.83. The van der Waals surface area contributed by atoms with Crippen LogP contribution in [0.25, 0.3) is 21.1 Å². The van der Waals surface area contributed by atoms with E-state index in [9.17, 15) is 0 Å². The number of hydrogen-bond donors (Lipinski definition) is 0. The summed E-state index contributed by atoms with van der Waals surface area (Å²) in [5.41, 5.74) is 5.00. The van der Waals surface area contributed by atoms with Crippen LogP contribution in [-0.2, 0) is 0 Å². The van der Waals surface area contributed by atoms with Gasteiger partial charge in [-0.15, -0.1) is 0 Å². The SMILES string of the molecule is COc1ccc(-c2[se]ncc2-c2ccc(C)cc2)cc1. The first-order valence-corrected chi connectivity index (χ1v) is 8.06. The zero-order valence-corrected chi connectivity index (χ0v) is 13.2. The van der Waals surface area contributed by atoms with Gasteiger partial charge in [-0.05, 0) is 0 Å². The van der Waals surface area contributed by atoms with E-state index in [1.54, 1.807) is 7.11 Å². The molecule has 3 heteroatoms.